The van der Waals surface area contributed by atoms with Gasteiger partial charge in [0.2, 0.25) is 0 Å². The molecular formula is C22H14ClF3N2O2S. The molecule has 0 spiro atoms. The lowest BCUT2D eigenvalue weighted by Crippen LogP contribution is -2.30. The van der Waals surface area contributed by atoms with Gasteiger partial charge in [-0.15, -0.1) is 0 Å². The maximum Gasteiger partial charge on any atom is 0.417 e. The summed E-state index contributed by atoms with van der Waals surface area (Å²) in [6, 6.07) is 15.6. The van der Waals surface area contributed by atoms with E-state index in [0.29, 0.717) is 16.6 Å². The van der Waals surface area contributed by atoms with Crippen molar-refractivity contribution in [1.82, 2.24) is 4.90 Å². The number of para-hydroxylation sites is 1. The Morgan fingerprint density at radius 1 is 1.06 bits per heavy atom. The van der Waals surface area contributed by atoms with E-state index in [1.165, 1.54) is 29.2 Å². The number of amides is 1. The quantitative estimate of drug-likeness (QED) is 0.342. The average Bonchev–Trinajstić information content (AvgIpc) is 3.27. The average molecular weight is 463 g/mol. The van der Waals surface area contributed by atoms with Gasteiger partial charge >= 0.3 is 6.18 Å². The summed E-state index contributed by atoms with van der Waals surface area (Å²) in [6.45, 7) is 0. The van der Waals surface area contributed by atoms with Gasteiger partial charge in [-0.2, -0.15) is 13.2 Å². The van der Waals surface area contributed by atoms with Gasteiger partial charge in [0.25, 0.3) is 5.91 Å². The highest BCUT2D eigenvalue weighted by Gasteiger charge is 2.37. The molecule has 1 fully saturated rings. The fourth-order valence-corrected chi connectivity index (χ4v) is 3.69. The third-order valence-electron chi connectivity index (χ3n) is 4.74. The van der Waals surface area contributed by atoms with Crippen molar-refractivity contribution in [3.63, 3.8) is 0 Å². The normalized spacial score (nSPS) is 16.0. The van der Waals surface area contributed by atoms with E-state index < -0.39 is 16.8 Å². The summed E-state index contributed by atoms with van der Waals surface area (Å²) in [4.78, 5) is 15.9. The topological polar surface area (TPSA) is 36.7 Å². The first-order valence-corrected chi connectivity index (χ1v) is 9.81. The predicted octanol–water partition coefficient (Wildman–Crippen LogP) is 6.22. The van der Waals surface area contributed by atoms with Gasteiger partial charge in [0.1, 0.15) is 17.2 Å². The van der Waals surface area contributed by atoms with E-state index in [4.69, 9.17) is 28.2 Å². The van der Waals surface area contributed by atoms with Crippen molar-refractivity contribution in [3.05, 3.63) is 82.7 Å². The number of carbonyl (C=O) groups is 1. The maximum atomic E-state index is 13.1. The van der Waals surface area contributed by atoms with Crippen LogP contribution in [-0.2, 0) is 11.0 Å². The van der Waals surface area contributed by atoms with Gasteiger partial charge in [-0.3, -0.25) is 9.69 Å². The Labute approximate surface area is 186 Å². The number of alkyl halides is 3. The number of furan rings is 1. The molecule has 158 valence electrons. The van der Waals surface area contributed by atoms with Gasteiger partial charge in [-0.05, 0) is 54.7 Å². The van der Waals surface area contributed by atoms with Crippen LogP contribution >= 0.6 is 23.8 Å². The minimum absolute atomic E-state index is 0.213. The van der Waals surface area contributed by atoms with Crippen LogP contribution in [0.5, 0.6) is 0 Å². The monoisotopic (exact) mass is 462 g/mol. The number of nitrogens with zero attached hydrogens (tertiary/aromatic N) is 2. The summed E-state index contributed by atoms with van der Waals surface area (Å²) in [6.07, 6.45) is -3.08. The molecule has 4 rings (SSSR count). The molecule has 2 heterocycles. The second-order valence-electron chi connectivity index (χ2n) is 6.74. The summed E-state index contributed by atoms with van der Waals surface area (Å²) >= 11 is 11.1. The van der Waals surface area contributed by atoms with Crippen molar-refractivity contribution < 1.29 is 22.4 Å². The first-order chi connectivity index (χ1) is 14.7. The standard InChI is InChI=1S/C22H14ClF3N2O2S/c1-27-18(20(29)28(21(27)31)14-5-3-2-4-6-14)12-15-8-10-19(30-15)13-7-9-17(23)16(11-13)22(24,25)26/h2-12H,1H3/b18-12-. The number of rotatable bonds is 3. The molecule has 31 heavy (non-hydrogen) atoms. The zero-order valence-corrected chi connectivity index (χ0v) is 17.6. The molecule has 0 atom stereocenters. The SMILES string of the molecule is CN1C(=S)N(c2ccccc2)C(=O)/C1=C/c1ccc(-c2ccc(Cl)c(C(F)(F)F)c2)o1. The molecule has 1 amide bonds. The third kappa shape index (κ3) is 3.96. The van der Waals surface area contributed by atoms with Crippen LogP contribution < -0.4 is 4.90 Å². The largest absolute Gasteiger partial charge is 0.457 e. The Hall–Kier alpha value is -3.10. The molecule has 3 aromatic rings. The fourth-order valence-electron chi connectivity index (χ4n) is 3.18. The first kappa shape index (κ1) is 21.1. The highest BCUT2D eigenvalue weighted by Crippen LogP contribution is 2.38. The number of anilines is 1. The zero-order valence-electron chi connectivity index (χ0n) is 16.0. The van der Waals surface area contributed by atoms with Crippen LogP contribution in [0.2, 0.25) is 5.02 Å². The second-order valence-corrected chi connectivity index (χ2v) is 7.51. The molecule has 0 N–H and O–H groups in total. The van der Waals surface area contributed by atoms with Crippen LogP contribution in [0.25, 0.3) is 17.4 Å². The zero-order chi connectivity index (χ0) is 22.3. The predicted molar refractivity (Wildman–Crippen MR) is 116 cm³/mol. The molecule has 1 aromatic heterocycles. The number of carbonyl (C=O) groups excluding carboxylic acids is 1. The molecule has 2 aromatic carbocycles. The van der Waals surface area contributed by atoms with Crippen LogP contribution in [0, 0.1) is 0 Å². The molecule has 4 nitrogen and oxygen atoms in total. The summed E-state index contributed by atoms with van der Waals surface area (Å²) < 4.78 is 45.1. The molecule has 0 bridgehead atoms. The van der Waals surface area contributed by atoms with Gasteiger partial charge in [0.15, 0.2) is 5.11 Å². The molecule has 1 aliphatic heterocycles. The van der Waals surface area contributed by atoms with Gasteiger partial charge in [-0.25, -0.2) is 0 Å². The molecular weight excluding hydrogens is 449 g/mol. The van der Waals surface area contributed by atoms with E-state index in [9.17, 15) is 18.0 Å². The first-order valence-electron chi connectivity index (χ1n) is 9.02. The van der Waals surface area contributed by atoms with E-state index in [1.54, 1.807) is 42.3 Å². The number of thiocarbonyl (C=S) groups is 1. The molecule has 1 saturated heterocycles. The molecule has 0 aliphatic carbocycles. The Kier molecular flexibility index (Phi) is 5.36. The Balaban J connectivity index is 1.66. The van der Waals surface area contributed by atoms with Crippen molar-refractivity contribution in [2.24, 2.45) is 0 Å². The van der Waals surface area contributed by atoms with Gasteiger partial charge in [-0.1, -0.05) is 29.8 Å². The van der Waals surface area contributed by atoms with Crippen molar-refractivity contribution in [2.75, 3.05) is 11.9 Å². The molecule has 1 aliphatic rings. The maximum absolute atomic E-state index is 13.1. The smallest absolute Gasteiger partial charge is 0.417 e. The van der Waals surface area contributed by atoms with E-state index in [1.807, 2.05) is 6.07 Å². The Morgan fingerprint density at radius 3 is 2.45 bits per heavy atom. The molecule has 9 heteroatoms. The lowest BCUT2D eigenvalue weighted by atomic mass is 10.1. The van der Waals surface area contributed by atoms with Crippen molar-refractivity contribution in [3.8, 4) is 11.3 Å². The fraction of sp³-hybridized carbons (Fsp3) is 0.0909. The highest BCUT2D eigenvalue weighted by atomic mass is 35.5. The molecule has 0 radical (unpaired) electrons. The van der Waals surface area contributed by atoms with Crippen LogP contribution in [0.1, 0.15) is 11.3 Å². The summed E-state index contributed by atoms with van der Waals surface area (Å²) in [5, 5.41) is -0.0837. The van der Waals surface area contributed by atoms with Crippen LogP contribution in [0.15, 0.2) is 70.8 Å². The Bertz CT molecular complexity index is 1200. The molecule has 0 unspecified atom stereocenters. The van der Waals surface area contributed by atoms with Crippen LogP contribution in [0.4, 0.5) is 18.9 Å². The lowest BCUT2D eigenvalue weighted by Gasteiger charge is -2.16. The van der Waals surface area contributed by atoms with Gasteiger partial charge in [0.05, 0.1) is 16.3 Å². The number of halogens is 4. The number of hydrogen-bond acceptors (Lipinski definition) is 3. The van der Waals surface area contributed by atoms with Crippen LogP contribution in [-0.4, -0.2) is 23.0 Å². The lowest BCUT2D eigenvalue weighted by molar-refractivity contribution is -0.137. The minimum Gasteiger partial charge on any atom is -0.457 e. The third-order valence-corrected chi connectivity index (χ3v) is 5.52. The van der Waals surface area contributed by atoms with E-state index in [-0.39, 0.29) is 22.9 Å². The van der Waals surface area contributed by atoms with E-state index in [2.05, 4.69) is 0 Å². The van der Waals surface area contributed by atoms with Crippen LogP contribution in [0.3, 0.4) is 0 Å². The van der Waals surface area contributed by atoms with Crippen molar-refractivity contribution in [1.29, 1.82) is 0 Å². The molecule has 0 saturated carbocycles. The van der Waals surface area contributed by atoms with Gasteiger partial charge in [0, 0.05) is 18.7 Å². The second kappa shape index (κ2) is 7.86. The Morgan fingerprint density at radius 2 is 1.77 bits per heavy atom. The van der Waals surface area contributed by atoms with E-state index in [0.717, 1.165) is 6.07 Å². The summed E-state index contributed by atoms with van der Waals surface area (Å²) in [5.41, 5.74) is 0.182. The summed E-state index contributed by atoms with van der Waals surface area (Å²) in [7, 11) is 1.66. The number of likely N-dealkylation sites (N-methyl/N-ethyl adjacent to an activating group) is 1. The van der Waals surface area contributed by atoms with E-state index >= 15 is 0 Å². The minimum atomic E-state index is -4.58. The van der Waals surface area contributed by atoms with Gasteiger partial charge < -0.3 is 9.32 Å². The van der Waals surface area contributed by atoms with Crippen molar-refractivity contribution >= 4 is 46.6 Å². The summed E-state index contributed by atoms with van der Waals surface area (Å²) in [5.74, 6) is 0.179. The highest BCUT2D eigenvalue weighted by molar-refractivity contribution is 7.80. The van der Waals surface area contributed by atoms with Crippen molar-refractivity contribution in [2.45, 2.75) is 6.18 Å². The number of benzene rings is 2. The number of hydrogen-bond donors (Lipinski definition) is 0.